The van der Waals surface area contributed by atoms with Crippen LogP contribution in [0.15, 0.2) is 30.4 Å². The molecule has 5 heteroatoms. The molecule has 0 spiro atoms. The molecule has 0 saturated carbocycles. The first kappa shape index (κ1) is 15.1. The van der Waals surface area contributed by atoms with Crippen molar-refractivity contribution >= 4 is 5.69 Å². The minimum atomic E-state index is -4.50. The highest BCUT2D eigenvalue weighted by Gasteiger charge is 2.33. The first-order valence-corrected chi connectivity index (χ1v) is 5.80. The molecule has 0 N–H and O–H groups in total. The molecule has 0 aliphatic rings. The molecule has 0 bridgehead atoms. The van der Waals surface area contributed by atoms with Gasteiger partial charge >= 0.3 is 6.18 Å². The number of alkyl halides is 3. The van der Waals surface area contributed by atoms with E-state index in [1.54, 1.807) is 6.07 Å². The number of likely N-dealkylation sites (N-methyl/N-ethyl adjacent to an activating group) is 1. The molecule has 19 heavy (non-hydrogen) atoms. The number of nitriles is 1. The molecule has 0 aliphatic heterocycles. The van der Waals surface area contributed by atoms with E-state index >= 15 is 0 Å². The molecule has 0 fully saturated rings. The highest BCUT2D eigenvalue weighted by atomic mass is 19.4. The van der Waals surface area contributed by atoms with E-state index in [0.717, 1.165) is 11.6 Å². The maximum absolute atomic E-state index is 12.7. The third-order valence-corrected chi connectivity index (χ3v) is 2.64. The maximum Gasteiger partial charge on any atom is 0.417 e. The number of hydrogen-bond acceptors (Lipinski definition) is 2. The van der Waals surface area contributed by atoms with Crippen molar-refractivity contribution < 1.29 is 13.2 Å². The summed E-state index contributed by atoms with van der Waals surface area (Å²) in [5.41, 5.74) is 0.241. The number of anilines is 1. The number of halogens is 3. The molecule has 0 saturated heterocycles. The summed E-state index contributed by atoms with van der Waals surface area (Å²) in [6.45, 7) is 8.70. The van der Waals surface area contributed by atoms with Crippen LogP contribution in [-0.4, -0.2) is 13.1 Å². The second-order valence-electron chi connectivity index (χ2n) is 4.31. The Kier molecular flexibility index (Phi) is 4.60. The average molecular weight is 268 g/mol. The van der Waals surface area contributed by atoms with E-state index in [-0.39, 0.29) is 5.56 Å². The molecule has 1 aromatic carbocycles. The van der Waals surface area contributed by atoms with Crippen molar-refractivity contribution in [3.63, 3.8) is 0 Å². The van der Waals surface area contributed by atoms with Crippen LogP contribution >= 0.6 is 0 Å². The Labute approximate surface area is 110 Å². The van der Waals surface area contributed by atoms with E-state index in [0.29, 0.717) is 18.8 Å². The zero-order valence-corrected chi connectivity index (χ0v) is 10.9. The smallest absolute Gasteiger partial charge is 0.368 e. The van der Waals surface area contributed by atoms with Gasteiger partial charge in [-0.2, -0.15) is 18.4 Å². The number of hydrogen-bond donors (Lipinski definition) is 0. The summed E-state index contributed by atoms with van der Waals surface area (Å²) in [7, 11) is 0. The summed E-state index contributed by atoms with van der Waals surface area (Å²) in [5, 5.41) is 8.86. The molecule has 102 valence electrons. The maximum atomic E-state index is 12.7. The minimum absolute atomic E-state index is 0.356. The lowest BCUT2D eigenvalue weighted by atomic mass is 10.1. The summed E-state index contributed by atoms with van der Waals surface area (Å²) in [6, 6.07) is 5.22. The predicted molar refractivity (Wildman–Crippen MR) is 68.9 cm³/mol. The van der Waals surface area contributed by atoms with Gasteiger partial charge in [0, 0.05) is 18.8 Å². The normalized spacial score (nSPS) is 10.9. The summed E-state index contributed by atoms with van der Waals surface area (Å²) >= 11 is 0. The van der Waals surface area contributed by atoms with Gasteiger partial charge in [0.05, 0.1) is 17.2 Å². The van der Waals surface area contributed by atoms with Crippen LogP contribution < -0.4 is 4.90 Å². The Morgan fingerprint density at radius 1 is 1.42 bits per heavy atom. The lowest BCUT2D eigenvalue weighted by molar-refractivity contribution is -0.137. The lowest BCUT2D eigenvalue weighted by Crippen LogP contribution is -2.24. The predicted octanol–water partition coefficient (Wildman–Crippen LogP) is 3.98. The van der Waals surface area contributed by atoms with Crippen LogP contribution in [0.5, 0.6) is 0 Å². The van der Waals surface area contributed by atoms with Crippen molar-refractivity contribution in [3.05, 3.63) is 41.5 Å². The SMILES string of the molecule is C=C(C)CN(CC)c1ccc(C(F)(F)F)c(C#N)c1. The van der Waals surface area contributed by atoms with Gasteiger partial charge in [0.1, 0.15) is 0 Å². The quantitative estimate of drug-likeness (QED) is 0.772. The Hall–Kier alpha value is -1.96. The largest absolute Gasteiger partial charge is 0.417 e. The molecule has 1 aromatic rings. The van der Waals surface area contributed by atoms with Gasteiger partial charge in [-0.1, -0.05) is 12.2 Å². The zero-order valence-electron chi connectivity index (χ0n) is 10.9. The Bertz CT molecular complexity index is 512. The van der Waals surface area contributed by atoms with Gasteiger partial charge in [-0.05, 0) is 32.0 Å². The van der Waals surface area contributed by atoms with E-state index in [4.69, 9.17) is 5.26 Å². The van der Waals surface area contributed by atoms with E-state index in [1.165, 1.54) is 12.1 Å². The summed E-state index contributed by atoms with van der Waals surface area (Å²) in [4.78, 5) is 1.86. The van der Waals surface area contributed by atoms with Crippen LogP contribution in [0.4, 0.5) is 18.9 Å². The van der Waals surface area contributed by atoms with Crippen molar-refractivity contribution in [2.75, 3.05) is 18.0 Å². The highest BCUT2D eigenvalue weighted by Crippen LogP contribution is 2.33. The number of rotatable bonds is 4. The van der Waals surface area contributed by atoms with Crippen LogP contribution in [0.1, 0.15) is 25.0 Å². The minimum Gasteiger partial charge on any atom is -0.368 e. The van der Waals surface area contributed by atoms with Crippen molar-refractivity contribution in [1.29, 1.82) is 5.26 Å². The first-order valence-electron chi connectivity index (χ1n) is 5.80. The third-order valence-electron chi connectivity index (χ3n) is 2.64. The molecule has 1 rings (SSSR count). The highest BCUT2D eigenvalue weighted by molar-refractivity contribution is 5.55. The molecular weight excluding hydrogens is 253 g/mol. The van der Waals surface area contributed by atoms with Gasteiger partial charge in [-0.3, -0.25) is 0 Å². The van der Waals surface area contributed by atoms with E-state index in [1.807, 2.05) is 18.7 Å². The van der Waals surface area contributed by atoms with E-state index in [2.05, 4.69) is 6.58 Å². The fourth-order valence-corrected chi connectivity index (χ4v) is 1.78. The molecule has 0 unspecified atom stereocenters. The topological polar surface area (TPSA) is 27.0 Å². The van der Waals surface area contributed by atoms with Crippen molar-refractivity contribution in [1.82, 2.24) is 0 Å². The van der Waals surface area contributed by atoms with Crippen LogP contribution in [0.2, 0.25) is 0 Å². The van der Waals surface area contributed by atoms with E-state index < -0.39 is 11.7 Å². The molecule has 0 atom stereocenters. The number of benzene rings is 1. The van der Waals surface area contributed by atoms with Gasteiger partial charge in [-0.25, -0.2) is 0 Å². The van der Waals surface area contributed by atoms with Gasteiger partial charge in [0.15, 0.2) is 0 Å². The molecule has 0 radical (unpaired) electrons. The monoisotopic (exact) mass is 268 g/mol. The van der Waals surface area contributed by atoms with Gasteiger partial charge in [-0.15, -0.1) is 0 Å². The molecule has 0 amide bonds. The Balaban J connectivity index is 3.20. The standard InChI is InChI=1S/C14H15F3N2/c1-4-19(9-10(2)3)12-5-6-13(14(15,16)17)11(7-12)8-18/h5-7H,2,4,9H2,1,3H3. The Morgan fingerprint density at radius 3 is 2.47 bits per heavy atom. The van der Waals surface area contributed by atoms with Gasteiger partial charge < -0.3 is 4.90 Å². The molecule has 0 aliphatic carbocycles. The fourth-order valence-electron chi connectivity index (χ4n) is 1.78. The summed E-state index contributed by atoms with van der Waals surface area (Å²) < 4.78 is 38.0. The van der Waals surface area contributed by atoms with Gasteiger partial charge in [0.25, 0.3) is 0 Å². The zero-order chi connectivity index (χ0) is 14.6. The molecule has 0 aromatic heterocycles. The third kappa shape index (κ3) is 3.75. The Morgan fingerprint density at radius 2 is 2.05 bits per heavy atom. The average Bonchev–Trinajstić information content (AvgIpc) is 2.33. The van der Waals surface area contributed by atoms with Crippen LogP contribution in [0.3, 0.4) is 0 Å². The van der Waals surface area contributed by atoms with Crippen LogP contribution in [0.25, 0.3) is 0 Å². The fraction of sp³-hybridized carbons (Fsp3) is 0.357. The first-order chi connectivity index (χ1) is 8.79. The lowest BCUT2D eigenvalue weighted by Gasteiger charge is -2.24. The second-order valence-corrected chi connectivity index (χ2v) is 4.31. The summed E-state index contributed by atoms with van der Waals surface area (Å²) in [6.07, 6.45) is -4.50. The molecular formula is C14H15F3N2. The van der Waals surface area contributed by atoms with Crippen molar-refractivity contribution in [2.45, 2.75) is 20.0 Å². The van der Waals surface area contributed by atoms with E-state index in [9.17, 15) is 13.2 Å². The summed E-state index contributed by atoms with van der Waals surface area (Å²) in [5.74, 6) is 0. The second kappa shape index (κ2) is 5.79. The van der Waals surface area contributed by atoms with Gasteiger partial charge in [0.2, 0.25) is 0 Å². The number of nitrogens with zero attached hydrogens (tertiary/aromatic N) is 2. The molecule has 2 nitrogen and oxygen atoms in total. The van der Waals surface area contributed by atoms with Crippen LogP contribution in [0, 0.1) is 11.3 Å². The van der Waals surface area contributed by atoms with Crippen molar-refractivity contribution in [3.8, 4) is 6.07 Å². The van der Waals surface area contributed by atoms with Crippen LogP contribution in [-0.2, 0) is 6.18 Å². The molecule has 0 heterocycles. The van der Waals surface area contributed by atoms with Crippen molar-refractivity contribution in [2.24, 2.45) is 0 Å².